The Hall–Kier alpha value is -2.89. The minimum atomic E-state index is -0.0789. The Morgan fingerprint density at radius 3 is 2.83 bits per heavy atom. The second-order valence-electron chi connectivity index (χ2n) is 5.23. The van der Waals surface area contributed by atoms with Crippen molar-refractivity contribution < 1.29 is 9.53 Å². The minimum Gasteiger partial charge on any atom is -0.493 e. The molecule has 118 valence electrons. The van der Waals surface area contributed by atoms with E-state index >= 15 is 0 Å². The van der Waals surface area contributed by atoms with Gasteiger partial charge in [-0.15, -0.1) is 10.2 Å². The van der Waals surface area contributed by atoms with E-state index in [1.165, 1.54) is 5.56 Å². The number of fused-ring (bicyclic) bond motifs is 1. The molecule has 0 aliphatic rings. The summed E-state index contributed by atoms with van der Waals surface area (Å²) in [5.41, 5.74) is 1.94. The number of carbonyl (C=O) groups is 1. The summed E-state index contributed by atoms with van der Waals surface area (Å²) in [7, 11) is 0. The maximum absolute atomic E-state index is 11.9. The smallest absolute Gasteiger partial charge is 0.223 e. The Balaban J connectivity index is 1.45. The molecule has 2 heterocycles. The highest BCUT2D eigenvalue weighted by Crippen LogP contribution is 2.11. The summed E-state index contributed by atoms with van der Waals surface area (Å²) < 4.78 is 7.40. The number of hydrogen-bond acceptors (Lipinski definition) is 4. The largest absolute Gasteiger partial charge is 0.493 e. The molecule has 1 aromatic carbocycles. The van der Waals surface area contributed by atoms with Crippen molar-refractivity contribution in [1.29, 1.82) is 0 Å². The number of aryl methyl sites for hydroxylation is 1. The van der Waals surface area contributed by atoms with Crippen molar-refractivity contribution in [2.45, 2.75) is 19.9 Å². The van der Waals surface area contributed by atoms with Crippen LogP contribution >= 0.6 is 0 Å². The number of aromatic nitrogens is 3. The van der Waals surface area contributed by atoms with Gasteiger partial charge >= 0.3 is 0 Å². The van der Waals surface area contributed by atoms with Crippen LogP contribution in [0.1, 0.15) is 17.8 Å². The standard InChI is InChI=1S/C17H18N4O2/c1-13-5-7-14(8-6-13)23-11-9-17(22)18-12-16-20-19-15-4-2-3-10-21(15)16/h2-8,10H,9,11-12H2,1H3,(H,18,22). The molecule has 1 amide bonds. The monoisotopic (exact) mass is 310 g/mol. The van der Waals surface area contributed by atoms with Crippen molar-refractivity contribution in [3.8, 4) is 5.75 Å². The molecule has 3 aromatic rings. The van der Waals surface area contributed by atoms with E-state index in [1.54, 1.807) is 0 Å². The number of carbonyl (C=O) groups excluding carboxylic acids is 1. The molecule has 0 unspecified atom stereocenters. The number of hydrogen-bond donors (Lipinski definition) is 1. The van der Waals surface area contributed by atoms with Crippen molar-refractivity contribution >= 4 is 11.6 Å². The Bertz CT molecular complexity index is 796. The summed E-state index contributed by atoms with van der Waals surface area (Å²) in [4.78, 5) is 11.9. The molecule has 0 fully saturated rings. The average Bonchev–Trinajstić information content (AvgIpc) is 2.98. The number of amides is 1. The van der Waals surface area contributed by atoms with Crippen molar-refractivity contribution in [2.24, 2.45) is 0 Å². The van der Waals surface area contributed by atoms with Crippen molar-refractivity contribution in [3.63, 3.8) is 0 Å². The van der Waals surface area contributed by atoms with Crippen LogP contribution in [0.3, 0.4) is 0 Å². The Morgan fingerprint density at radius 1 is 1.17 bits per heavy atom. The van der Waals surface area contributed by atoms with E-state index in [-0.39, 0.29) is 5.91 Å². The van der Waals surface area contributed by atoms with E-state index in [4.69, 9.17) is 4.74 Å². The van der Waals surface area contributed by atoms with Gasteiger partial charge in [-0.05, 0) is 31.2 Å². The van der Waals surface area contributed by atoms with Crippen LogP contribution in [-0.2, 0) is 11.3 Å². The van der Waals surface area contributed by atoms with E-state index in [9.17, 15) is 4.79 Å². The van der Waals surface area contributed by atoms with E-state index in [1.807, 2.05) is 60.0 Å². The third-order valence-electron chi connectivity index (χ3n) is 3.45. The van der Waals surface area contributed by atoms with Gasteiger partial charge in [0.2, 0.25) is 5.91 Å². The first kappa shape index (κ1) is 15.0. The molecule has 0 spiro atoms. The molecule has 0 saturated carbocycles. The van der Waals surface area contributed by atoms with Crippen LogP contribution in [0, 0.1) is 6.92 Å². The van der Waals surface area contributed by atoms with Crippen LogP contribution < -0.4 is 10.1 Å². The fraction of sp³-hybridized carbons (Fsp3) is 0.235. The molecule has 1 N–H and O–H groups in total. The third kappa shape index (κ3) is 3.85. The SMILES string of the molecule is Cc1ccc(OCCC(=O)NCc2nnc3ccccn23)cc1. The van der Waals surface area contributed by atoms with E-state index < -0.39 is 0 Å². The molecule has 6 nitrogen and oxygen atoms in total. The Morgan fingerprint density at radius 2 is 2.00 bits per heavy atom. The number of rotatable bonds is 6. The fourth-order valence-corrected chi connectivity index (χ4v) is 2.17. The lowest BCUT2D eigenvalue weighted by molar-refractivity contribution is -0.121. The van der Waals surface area contributed by atoms with E-state index in [0.29, 0.717) is 25.4 Å². The van der Waals surface area contributed by atoms with Crippen molar-refractivity contribution in [1.82, 2.24) is 19.9 Å². The highest BCUT2D eigenvalue weighted by molar-refractivity contribution is 5.75. The predicted molar refractivity (Wildman–Crippen MR) is 86.1 cm³/mol. The first-order chi connectivity index (χ1) is 11.2. The molecule has 0 aliphatic heterocycles. The molecule has 0 radical (unpaired) electrons. The normalized spacial score (nSPS) is 10.7. The first-order valence-corrected chi connectivity index (χ1v) is 7.47. The third-order valence-corrected chi connectivity index (χ3v) is 3.45. The zero-order chi connectivity index (χ0) is 16.1. The van der Waals surface area contributed by atoms with Crippen molar-refractivity contribution in [3.05, 3.63) is 60.0 Å². The van der Waals surface area contributed by atoms with Gasteiger partial charge in [0.15, 0.2) is 11.5 Å². The molecular weight excluding hydrogens is 292 g/mol. The molecular formula is C17H18N4O2. The van der Waals surface area contributed by atoms with E-state index in [0.717, 1.165) is 11.4 Å². The number of nitrogens with zero attached hydrogens (tertiary/aromatic N) is 3. The van der Waals surface area contributed by atoms with E-state index in [2.05, 4.69) is 15.5 Å². The van der Waals surface area contributed by atoms with Crippen LogP contribution in [0.5, 0.6) is 5.75 Å². The molecule has 6 heteroatoms. The zero-order valence-electron chi connectivity index (χ0n) is 12.9. The van der Waals surface area contributed by atoms with Gasteiger partial charge < -0.3 is 10.1 Å². The summed E-state index contributed by atoms with van der Waals surface area (Å²) >= 11 is 0. The van der Waals surface area contributed by atoms with Crippen LogP contribution in [0.4, 0.5) is 0 Å². The van der Waals surface area contributed by atoms with Crippen LogP contribution in [0.25, 0.3) is 5.65 Å². The van der Waals surface area contributed by atoms with Gasteiger partial charge in [0.05, 0.1) is 19.6 Å². The zero-order valence-corrected chi connectivity index (χ0v) is 12.9. The molecule has 2 aromatic heterocycles. The lowest BCUT2D eigenvalue weighted by atomic mass is 10.2. The number of benzene rings is 1. The Kier molecular flexibility index (Phi) is 4.52. The summed E-state index contributed by atoms with van der Waals surface area (Å²) in [6, 6.07) is 13.4. The second kappa shape index (κ2) is 6.91. The average molecular weight is 310 g/mol. The molecule has 0 bridgehead atoms. The molecule has 0 atom stereocenters. The highest BCUT2D eigenvalue weighted by Gasteiger charge is 2.07. The summed E-state index contributed by atoms with van der Waals surface area (Å²) in [5, 5.41) is 10.9. The maximum atomic E-state index is 11.9. The lowest BCUT2D eigenvalue weighted by Gasteiger charge is -2.07. The Labute approximate surface area is 134 Å². The summed E-state index contributed by atoms with van der Waals surface area (Å²) in [5.74, 6) is 1.39. The van der Waals surface area contributed by atoms with Gasteiger partial charge in [0.25, 0.3) is 0 Å². The summed E-state index contributed by atoms with van der Waals surface area (Å²) in [6.45, 7) is 2.70. The lowest BCUT2D eigenvalue weighted by Crippen LogP contribution is -2.25. The van der Waals surface area contributed by atoms with Crippen LogP contribution in [0.15, 0.2) is 48.7 Å². The molecule has 3 rings (SSSR count). The minimum absolute atomic E-state index is 0.0789. The molecule has 23 heavy (non-hydrogen) atoms. The van der Waals surface area contributed by atoms with Crippen LogP contribution in [-0.4, -0.2) is 27.1 Å². The van der Waals surface area contributed by atoms with Gasteiger partial charge in [-0.2, -0.15) is 0 Å². The van der Waals surface area contributed by atoms with Gasteiger partial charge in [-0.25, -0.2) is 0 Å². The van der Waals surface area contributed by atoms with Gasteiger partial charge in [0, 0.05) is 6.20 Å². The topological polar surface area (TPSA) is 68.5 Å². The molecule has 0 saturated heterocycles. The quantitative estimate of drug-likeness (QED) is 0.757. The predicted octanol–water partition coefficient (Wildman–Crippen LogP) is 2.12. The molecule has 0 aliphatic carbocycles. The van der Waals surface area contributed by atoms with Crippen molar-refractivity contribution in [2.75, 3.05) is 6.61 Å². The number of pyridine rings is 1. The van der Waals surface area contributed by atoms with Gasteiger partial charge in [0.1, 0.15) is 5.75 Å². The highest BCUT2D eigenvalue weighted by atomic mass is 16.5. The van der Waals surface area contributed by atoms with Gasteiger partial charge in [-0.1, -0.05) is 23.8 Å². The number of nitrogens with one attached hydrogen (secondary N) is 1. The van der Waals surface area contributed by atoms with Crippen LogP contribution in [0.2, 0.25) is 0 Å². The van der Waals surface area contributed by atoms with Gasteiger partial charge in [-0.3, -0.25) is 9.20 Å². The second-order valence-corrected chi connectivity index (χ2v) is 5.23. The fourth-order valence-electron chi connectivity index (χ4n) is 2.17. The summed E-state index contributed by atoms with van der Waals surface area (Å²) in [6.07, 6.45) is 2.17. The first-order valence-electron chi connectivity index (χ1n) is 7.47. The maximum Gasteiger partial charge on any atom is 0.223 e. The number of ether oxygens (including phenoxy) is 1.